The van der Waals surface area contributed by atoms with Crippen LogP contribution >= 0.6 is 0 Å². The minimum atomic E-state index is -0.377. The Kier molecular flexibility index (Phi) is 7.54. The highest BCUT2D eigenvalue weighted by atomic mass is 19.1. The molecule has 40 heavy (non-hydrogen) atoms. The Labute approximate surface area is 231 Å². The molecule has 4 aromatic rings. The monoisotopic (exact) mass is 545 g/mol. The fourth-order valence-electron chi connectivity index (χ4n) is 5.28. The second kappa shape index (κ2) is 11.2. The van der Waals surface area contributed by atoms with Gasteiger partial charge in [-0.25, -0.2) is 14.2 Å². The van der Waals surface area contributed by atoms with Crippen molar-refractivity contribution in [3.8, 4) is 11.5 Å². The SMILES string of the molecule is COc1cc2nc(N(C)CC3(c4ccc(F)cc4)CCN(C(=O)Nc4cccnc4)CC3)nc(N)c2cc1OC. The first-order valence-corrected chi connectivity index (χ1v) is 12.9. The predicted molar refractivity (Wildman–Crippen MR) is 152 cm³/mol. The van der Waals surface area contributed by atoms with Crippen molar-refractivity contribution in [2.45, 2.75) is 18.3 Å². The highest BCUT2D eigenvalue weighted by Crippen LogP contribution is 2.38. The number of likely N-dealkylation sites (N-methyl/N-ethyl adjacent to an activating group) is 1. The second-order valence-corrected chi connectivity index (χ2v) is 9.94. The van der Waals surface area contributed by atoms with Crippen LogP contribution in [0.5, 0.6) is 11.5 Å². The molecule has 2 aromatic heterocycles. The predicted octanol–water partition coefficient (Wildman–Crippen LogP) is 4.47. The van der Waals surface area contributed by atoms with Crippen molar-refractivity contribution < 1.29 is 18.7 Å². The average molecular weight is 546 g/mol. The number of hydrogen-bond acceptors (Lipinski definition) is 8. The molecule has 0 saturated carbocycles. The number of fused-ring (bicyclic) bond motifs is 1. The number of anilines is 3. The standard InChI is InChI=1S/C29H32FN7O3/c1-36(27-34-23-16-25(40-3)24(39-2)15-22(23)26(31)35-27)18-29(19-6-8-20(30)9-7-19)10-13-37(14-11-29)28(38)33-21-5-4-12-32-17-21/h4-9,12,15-17H,10-11,13-14,18H2,1-3H3,(H,33,38)(H2,31,34,35). The molecule has 2 amide bonds. The first kappa shape index (κ1) is 26.9. The molecule has 1 saturated heterocycles. The first-order chi connectivity index (χ1) is 19.3. The van der Waals surface area contributed by atoms with Gasteiger partial charge in [0.1, 0.15) is 11.6 Å². The number of ether oxygens (including phenoxy) is 2. The molecule has 0 radical (unpaired) electrons. The molecular formula is C29H32FN7O3. The van der Waals surface area contributed by atoms with Gasteiger partial charge in [-0.15, -0.1) is 0 Å². The molecule has 3 N–H and O–H groups in total. The Balaban J connectivity index is 1.41. The summed E-state index contributed by atoms with van der Waals surface area (Å²) in [5.74, 6) is 1.57. The fourth-order valence-corrected chi connectivity index (χ4v) is 5.28. The van der Waals surface area contributed by atoms with Crippen molar-refractivity contribution in [1.82, 2.24) is 19.9 Å². The zero-order chi connectivity index (χ0) is 28.3. The van der Waals surface area contributed by atoms with Crippen LogP contribution in [0.3, 0.4) is 0 Å². The van der Waals surface area contributed by atoms with Gasteiger partial charge in [-0.3, -0.25) is 4.98 Å². The Morgan fingerprint density at radius 2 is 1.80 bits per heavy atom. The van der Waals surface area contributed by atoms with Crippen LogP contribution in [-0.4, -0.2) is 66.8 Å². The van der Waals surface area contributed by atoms with Gasteiger partial charge in [-0.05, 0) is 48.7 Å². The number of methoxy groups -OCH3 is 2. The van der Waals surface area contributed by atoms with Crippen LogP contribution in [-0.2, 0) is 5.41 Å². The molecule has 11 heteroatoms. The van der Waals surface area contributed by atoms with Gasteiger partial charge in [0.05, 0.1) is 31.6 Å². The lowest BCUT2D eigenvalue weighted by Gasteiger charge is -2.44. The largest absolute Gasteiger partial charge is 0.493 e. The summed E-state index contributed by atoms with van der Waals surface area (Å²) in [5, 5.41) is 3.57. The van der Waals surface area contributed by atoms with Crippen LogP contribution in [0, 0.1) is 5.82 Å². The lowest BCUT2D eigenvalue weighted by atomic mass is 9.72. The van der Waals surface area contributed by atoms with E-state index in [9.17, 15) is 9.18 Å². The van der Waals surface area contributed by atoms with Gasteiger partial charge < -0.3 is 30.3 Å². The number of halogens is 1. The number of rotatable bonds is 7. The number of aromatic nitrogens is 3. The molecule has 0 bridgehead atoms. The topological polar surface area (TPSA) is 119 Å². The first-order valence-electron chi connectivity index (χ1n) is 12.9. The number of nitrogens with two attached hydrogens (primary N) is 1. The molecule has 1 aliphatic heterocycles. The number of pyridine rings is 1. The van der Waals surface area contributed by atoms with Crippen LogP contribution in [0.1, 0.15) is 18.4 Å². The number of benzene rings is 2. The average Bonchev–Trinajstić information content (AvgIpc) is 2.97. The zero-order valence-corrected chi connectivity index (χ0v) is 22.7. The Morgan fingerprint density at radius 1 is 1.10 bits per heavy atom. The zero-order valence-electron chi connectivity index (χ0n) is 22.7. The number of amides is 2. The maximum absolute atomic E-state index is 13.9. The van der Waals surface area contributed by atoms with Crippen molar-refractivity contribution in [2.75, 3.05) is 56.9 Å². The summed E-state index contributed by atoms with van der Waals surface area (Å²) in [4.78, 5) is 30.1. The van der Waals surface area contributed by atoms with E-state index in [1.807, 2.05) is 24.1 Å². The number of nitrogens with one attached hydrogen (secondary N) is 1. The quantitative estimate of drug-likeness (QED) is 0.349. The summed E-state index contributed by atoms with van der Waals surface area (Å²) < 4.78 is 24.7. The normalized spacial score (nSPS) is 14.6. The smallest absolute Gasteiger partial charge is 0.321 e. The van der Waals surface area contributed by atoms with E-state index in [1.165, 1.54) is 12.1 Å². The van der Waals surface area contributed by atoms with E-state index < -0.39 is 0 Å². The highest BCUT2D eigenvalue weighted by molar-refractivity contribution is 5.92. The van der Waals surface area contributed by atoms with Crippen LogP contribution in [0.15, 0.2) is 60.9 Å². The minimum absolute atomic E-state index is 0.177. The molecule has 0 aliphatic carbocycles. The number of likely N-dealkylation sites (tertiary alicyclic amines) is 1. The van der Waals surface area contributed by atoms with Crippen LogP contribution in [0.4, 0.5) is 26.6 Å². The van der Waals surface area contributed by atoms with Crippen molar-refractivity contribution in [3.05, 3.63) is 72.3 Å². The second-order valence-electron chi connectivity index (χ2n) is 9.94. The van der Waals surface area contributed by atoms with Crippen LogP contribution < -0.4 is 25.4 Å². The van der Waals surface area contributed by atoms with Gasteiger partial charge >= 0.3 is 6.03 Å². The van der Waals surface area contributed by atoms with E-state index in [0.717, 1.165) is 5.56 Å². The minimum Gasteiger partial charge on any atom is -0.493 e. The fraction of sp³-hybridized carbons (Fsp3) is 0.310. The molecular weight excluding hydrogens is 513 g/mol. The number of urea groups is 1. The molecule has 2 aromatic carbocycles. The van der Waals surface area contributed by atoms with E-state index in [-0.39, 0.29) is 17.3 Å². The number of nitrogen functional groups attached to an aromatic ring is 1. The molecule has 0 spiro atoms. The molecule has 0 unspecified atom stereocenters. The molecule has 0 atom stereocenters. The van der Waals surface area contributed by atoms with Crippen LogP contribution in [0.25, 0.3) is 10.9 Å². The number of piperidine rings is 1. The number of carbonyl (C=O) groups is 1. The van der Waals surface area contributed by atoms with E-state index in [1.54, 1.807) is 55.8 Å². The maximum Gasteiger partial charge on any atom is 0.321 e. The summed E-state index contributed by atoms with van der Waals surface area (Å²) in [6.07, 6.45) is 4.60. The lowest BCUT2D eigenvalue weighted by Crippen LogP contribution is -2.51. The summed E-state index contributed by atoms with van der Waals surface area (Å²) >= 11 is 0. The van der Waals surface area contributed by atoms with Gasteiger partial charge in [0.25, 0.3) is 0 Å². The lowest BCUT2D eigenvalue weighted by molar-refractivity contribution is 0.169. The van der Waals surface area contributed by atoms with E-state index in [0.29, 0.717) is 72.3 Å². The van der Waals surface area contributed by atoms with E-state index in [4.69, 9.17) is 20.2 Å². The third-order valence-corrected chi connectivity index (χ3v) is 7.48. The number of nitrogens with zero attached hydrogens (tertiary/aromatic N) is 5. The highest BCUT2D eigenvalue weighted by Gasteiger charge is 2.39. The van der Waals surface area contributed by atoms with Crippen molar-refractivity contribution in [1.29, 1.82) is 0 Å². The van der Waals surface area contributed by atoms with Crippen LogP contribution in [0.2, 0.25) is 0 Å². The van der Waals surface area contributed by atoms with Crippen molar-refractivity contribution >= 4 is 34.4 Å². The van der Waals surface area contributed by atoms with Gasteiger partial charge in [0.2, 0.25) is 5.95 Å². The Morgan fingerprint density at radius 3 is 2.45 bits per heavy atom. The van der Waals surface area contributed by atoms with Gasteiger partial charge in [-0.1, -0.05) is 12.1 Å². The third kappa shape index (κ3) is 5.40. The summed E-state index contributed by atoms with van der Waals surface area (Å²) in [6, 6.07) is 13.5. The molecule has 1 aliphatic rings. The van der Waals surface area contributed by atoms with Gasteiger partial charge in [0, 0.05) is 49.7 Å². The maximum atomic E-state index is 13.9. The van der Waals surface area contributed by atoms with Gasteiger partial charge in [0.15, 0.2) is 11.5 Å². The molecule has 208 valence electrons. The summed E-state index contributed by atoms with van der Waals surface area (Å²) in [5.41, 5.74) is 8.24. The number of carbonyl (C=O) groups excluding carboxylic acids is 1. The van der Waals surface area contributed by atoms with Crippen molar-refractivity contribution in [3.63, 3.8) is 0 Å². The Bertz CT molecular complexity index is 1490. The summed E-state index contributed by atoms with van der Waals surface area (Å²) in [6.45, 7) is 1.58. The number of hydrogen-bond donors (Lipinski definition) is 2. The van der Waals surface area contributed by atoms with E-state index >= 15 is 0 Å². The molecule has 3 heterocycles. The molecule has 5 rings (SSSR count). The van der Waals surface area contributed by atoms with Crippen molar-refractivity contribution in [2.24, 2.45) is 0 Å². The Hall–Kier alpha value is -4.67. The van der Waals surface area contributed by atoms with Gasteiger partial charge in [-0.2, -0.15) is 4.98 Å². The van der Waals surface area contributed by atoms with E-state index in [2.05, 4.69) is 15.3 Å². The summed E-state index contributed by atoms with van der Waals surface area (Å²) in [7, 11) is 5.04. The third-order valence-electron chi connectivity index (χ3n) is 7.48. The molecule has 1 fully saturated rings. The molecule has 10 nitrogen and oxygen atoms in total.